The third-order valence-corrected chi connectivity index (χ3v) is 2.95. The molecule has 0 aromatic heterocycles. The van der Waals surface area contributed by atoms with Gasteiger partial charge in [0.05, 0.1) is 0 Å². The molecule has 0 amide bonds. The summed E-state index contributed by atoms with van der Waals surface area (Å²) in [6, 6.07) is 0. The number of phosphoric acid groups is 1. The van der Waals surface area contributed by atoms with Gasteiger partial charge in [0.2, 0.25) is 0 Å². The Morgan fingerprint density at radius 2 is 2.23 bits per heavy atom. The van der Waals surface area contributed by atoms with Crippen molar-refractivity contribution in [3.63, 3.8) is 0 Å². The van der Waals surface area contributed by atoms with E-state index in [-0.39, 0.29) is 0 Å². The van der Waals surface area contributed by atoms with Gasteiger partial charge in [-0.1, -0.05) is 6.92 Å². The van der Waals surface area contributed by atoms with Gasteiger partial charge in [-0.2, -0.15) is 0 Å². The summed E-state index contributed by atoms with van der Waals surface area (Å²) in [6.45, 7) is 3.95. The van der Waals surface area contributed by atoms with Crippen LogP contribution in [0, 0.1) is 5.92 Å². The van der Waals surface area contributed by atoms with Crippen molar-refractivity contribution in [2.24, 2.45) is 5.92 Å². The molecule has 0 saturated carbocycles. The van der Waals surface area contributed by atoms with Crippen molar-refractivity contribution in [3.05, 3.63) is 11.3 Å². The molecular weight excluding hydrogens is 191 g/mol. The minimum Gasteiger partial charge on any atom is -0.409 e. The molecule has 4 nitrogen and oxygen atoms in total. The van der Waals surface area contributed by atoms with Crippen LogP contribution in [0.3, 0.4) is 0 Å². The van der Waals surface area contributed by atoms with E-state index in [0.29, 0.717) is 18.1 Å². The summed E-state index contributed by atoms with van der Waals surface area (Å²) in [5, 5.41) is 0. The van der Waals surface area contributed by atoms with Crippen LogP contribution in [-0.4, -0.2) is 9.79 Å². The van der Waals surface area contributed by atoms with Crippen LogP contribution in [0.2, 0.25) is 0 Å². The largest absolute Gasteiger partial charge is 0.524 e. The lowest BCUT2D eigenvalue weighted by Crippen LogP contribution is -1.94. The molecule has 1 aliphatic carbocycles. The SMILES string of the molecule is CCC1CCC(OP(=O)(O)O)=C1C. The van der Waals surface area contributed by atoms with Crippen molar-refractivity contribution in [2.45, 2.75) is 33.1 Å². The van der Waals surface area contributed by atoms with Crippen molar-refractivity contribution >= 4 is 7.82 Å². The normalized spacial score (nSPS) is 23.8. The fourth-order valence-electron chi connectivity index (χ4n) is 1.72. The lowest BCUT2D eigenvalue weighted by molar-refractivity contribution is 0.237. The average Bonchev–Trinajstić information content (AvgIpc) is 2.30. The maximum Gasteiger partial charge on any atom is 0.524 e. The summed E-state index contributed by atoms with van der Waals surface area (Å²) in [5.74, 6) is 0.918. The summed E-state index contributed by atoms with van der Waals surface area (Å²) < 4.78 is 15.2. The number of allylic oxidation sites excluding steroid dienone is 2. The highest BCUT2D eigenvalue weighted by molar-refractivity contribution is 7.46. The lowest BCUT2D eigenvalue weighted by atomic mass is 10.0. The average molecular weight is 206 g/mol. The Bertz CT molecular complexity index is 265. The Balaban J connectivity index is 2.71. The zero-order chi connectivity index (χ0) is 10.1. The van der Waals surface area contributed by atoms with Crippen LogP contribution >= 0.6 is 7.82 Å². The Kier molecular flexibility index (Phi) is 3.17. The molecule has 1 atom stereocenters. The smallest absolute Gasteiger partial charge is 0.409 e. The standard InChI is InChI=1S/C8H15O4P/c1-3-7-4-5-8(6(7)2)12-13(9,10)11/h7H,3-5H2,1-2H3,(H2,9,10,11). The topological polar surface area (TPSA) is 66.8 Å². The maximum absolute atomic E-state index is 10.6. The number of hydrogen-bond donors (Lipinski definition) is 2. The first kappa shape index (κ1) is 10.8. The molecule has 0 aromatic carbocycles. The highest BCUT2D eigenvalue weighted by Crippen LogP contribution is 2.45. The van der Waals surface area contributed by atoms with E-state index >= 15 is 0 Å². The quantitative estimate of drug-likeness (QED) is 0.694. The summed E-state index contributed by atoms with van der Waals surface area (Å²) in [5.41, 5.74) is 0.992. The molecule has 0 aliphatic heterocycles. The molecule has 13 heavy (non-hydrogen) atoms. The van der Waals surface area contributed by atoms with Crippen molar-refractivity contribution in [1.29, 1.82) is 0 Å². The second-order valence-corrected chi connectivity index (χ2v) is 4.50. The highest BCUT2D eigenvalue weighted by atomic mass is 31.2. The van der Waals surface area contributed by atoms with Gasteiger partial charge in [-0.05, 0) is 31.3 Å². The predicted molar refractivity (Wildman–Crippen MR) is 48.8 cm³/mol. The van der Waals surface area contributed by atoms with E-state index in [1.165, 1.54) is 0 Å². The maximum atomic E-state index is 10.6. The van der Waals surface area contributed by atoms with E-state index < -0.39 is 7.82 Å². The summed E-state index contributed by atoms with van der Waals surface area (Å²) in [4.78, 5) is 17.2. The van der Waals surface area contributed by atoms with E-state index in [1.54, 1.807) is 0 Å². The molecule has 76 valence electrons. The minimum absolute atomic E-state index is 0.432. The van der Waals surface area contributed by atoms with E-state index in [4.69, 9.17) is 9.79 Å². The number of rotatable bonds is 3. The minimum atomic E-state index is -4.35. The first-order chi connectivity index (χ1) is 5.94. The molecule has 0 fully saturated rings. The van der Waals surface area contributed by atoms with Gasteiger partial charge in [-0.25, -0.2) is 4.57 Å². The zero-order valence-corrected chi connectivity index (χ0v) is 8.75. The van der Waals surface area contributed by atoms with Crippen molar-refractivity contribution in [2.75, 3.05) is 0 Å². The summed E-state index contributed by atoms with van der Waals surface area (Å²) in [6.07, 6.45) is 2.59. The predicted octanol–water partition coefficient (Wildman–Crippen LogP) is 2.19. The molecule has 2 N–H and O–H groups in total. The highest BCUT2D eigenvalue weighted by Gasteiger charge is 2.27. The van der Waals surface area contributed by atoms with Gasteiger partial charge in [0.1, 0.15) is 5.76 Å². The fraction of sp³-hybridized carbons (Fsp3) is 0.750. The monoisotopic (exact) mass is 206 g/mol. The molecule has 0 aromatic rings. The molecule has 0 saturated heterocycles. The molecular formula is C8H15O4P. The van der Waals surface area contributed by atoms with E-state index in [9.17, 15) is 4.57 Å². The Hall–Kier alpha value is -0.310. The third kappa shape index (κ3) is 2.83. The van der Waals surface area contributed by atoms with Crippen LogP contribution in [-0.2, 0) is 9.09 Å². The molecule has 0 radical (unpaired) electrons. The molecule has 0 heterocycles. The second-order valence-electron chi connectivity index (χ2n) is 3.33. The lowest BCUT2D eigenvalue weighted by Gasteiger charge is -2.09. The van der Waals surface area contributed by atoms with Gasteiger partial charge in [0.25, 0.3) is 0 Å². The molecule has 1 aliphatic rings. The first-order valence-corrected chi connectivity index (χ1v) is 5.92. The fourth-order valence-corrected chi connectivity index (χ4v) is 2.24. The van der Waals surface area contributed by atoms with Crippen LogP contribution in [0.1, 0.15) is 33.1 Å². The van der Waals surface area contributed by atoms with Crippen molar-refractivity contribution in [1.82, 2.24) is 0 Å². The Morgan fingerprint density at radius 3 is 2.62 bits per heavy atom. The molecule has 5 heteroatoms. The zero-order valence-electron chi connectivity index (χ0n) is 7.86. The van der Waals surface area contributed by atoms with E-state index in [2.05, 4.69) is 11.4 Å². The number of phosphoric ester groups is 1. The van der Waals surface area contributed by atoms with Crippen LogP contribution in [0.25, 0.3) is 0 Å². The van der Waals surface area contributed by atoms with Gasteiger partial charge < -0.3 is 4.52 Å². The van der Waals surface area contributed by atoms with Crippen LogP contribution < -0.4 is 0 Å². The Labute approximate surface area is 77.9 Å². The van der Waals surface area contributed by atoms with E-state index in [1.807, 2.05) is 6.92 Å². The van der Waals surface area contributed by atoms with Crippen LogP contribution in [0.4, 0.5) is 0 Å². The van der Waals surface area contributed by atoms with Crippen molar-refractivity contribution in [3.8, 4) is 0 Å². The van der Waals surface area contributed by atoms with Gasteiger partial charge in [-0.3, -0.25) is 9.79 Å². The first-order valence-electron chi connectivity index (χ1n) is 4.39. The van der Waals surface area contributed by atoms with Crippen LogP contribution in [0.15, 0.2) is 11.3 Å². The molecule has 0 bridgehead atoms. The van der Waals surface area contributed by atoms with Gasteiger partial charge in [0, 0.05) is 6.42 Å². The molecule has 1 unspecified atom stereocenters. The number of hydrogen-bond acceptors (Lipinski definition) is 2. The second kappa shape index (κ2) is 3.82. The van der Waals surface area contributed by atoms with Gasteiger partial charge in [0.15, 0.2) is 0 Å². The van der Waals surface area contributed by atoms with Gasteiger partial charge >= 0.3 is 7.82 Å². The van der Waals surface area contributed by atoms with E-state index in [0.717, 1.165) is 18.4 Å². The summed E-state index contributed by atoms with van der Waals surface area (Å²) >= 11 is 0. The third-order valence-electron chi connectivity index (χ3n) is 2.49. The van der Waals surface area contributed by atoms with Crippen molar-refractivity contribution < 1.29 is 18.9 Å². The van der Waals surface area contributed by atoms with Gasteiger partial charge in [-0.15, -0.1) is 0 Å². The Morgan fingerprint density at radius 1 is 1.62 bits per heavy atom. The van der Waals surface area contributed by atoms with Crippen LogP contribution in [0.5, 0.6) is 0 Å². The molecule has 1 rings (SSSR count). The molecule has 0 spiro atoms. The summed E-state index contributed by atoms with van der Waals surface area (Å²) in [7, 11) is -4.35.